The maximum atomic E-state index is 12.5. The van der Waals surface area contributed by atoms with Crippen LogP contribution in [0.4, 0.5) is 10.5 Å². The number of ether oxygens (including phenoxy) is 2. The van der Waals surface area contributed by atoms with Crippen molar-refractivity contribution in [2.75, 3.05) is 18.5 Å². The van der Waals surface area contributed by atoms with E-state index in [0.29, 0.717) is 24.5 Å². The largest absolute Gasteiger partial charge is 0.349 e. The van der Waals surface area contributed by atoms with Gasteiger partial charge in [0, 0.05) is 36.2 Å². The van der Waals surface area contributed by atoms with Crippen molar-refractivity contribution >= 4 is 17.6 Å². The van der Waals surface area contributed by atoms with Gasteiger partial charge in [-0.1, -0.05) is 6.07 Å². The molecule has 1 aliphatic carbocycles. The van der Waals surface area contributed by atoms with E-state index in [1.165, 1.54) is 0 Å². The molecule has 1 spiro atoms. The molecule has 0 atom stereocenters. The van der Waals surface area contributed by atoms with Gasteiger partial charge in [-0.3, -0.25) is 4.79 Å². The highest BCUT2D eigenvalue weighted by Gasteiger charge is 2.40. The Morgan fingerprint density at radius 3 is 2.50 bits per heavy atom. The zero-order chi connectivity index (χ0) is 18.6. The van der Waals surface area contributed by atoms with Gasteiger partial charge in [0.15, 0.2) is 5.79 Å². The SMILES string of the molecule is CC(C)NC(=O)Nc1cccc(C(=O)NC2CCC3(CC2)OCCO3)c1. The molecule has 3 amide bonds. The molecule has 1 saturated heterocycles. The lowest BCUT2D eigenvalue weighted by Crippen LogP contribution is -2.44. The minimum atomic E-state index is -0.422. The van der Waals surface area contributed by atoms with Gasteiger partial charge in [-0.05, 0) is 44.9 Å². The second-order valence-corrected chi connectivity index (χ2v) is 7.19. The second kappa shape index (κ2) is 8.05. The number of rotatable bonds is 4. The van der Waals surface area contributed by atoms with Crippen molar-refractivity contribution in [3.63, 3.8) is 0 Å². The topological polar surface area (TPSA) is 88.7 Å². The molecule has 0 unspecified atom stereocenters. The van der Waals surface area contributed by atoms with Crippen LogP contribution in [-0.2, 0) is 9.47 Å². The maximum absolute atomic E-state index is 12.5. The smallest absolute Gasteiger partial charge is 0.319 e. The Bertz CT molecular complexity index is 646. The van der Waals surface area contributed by atoms with E-state index in [2.05, 4.69) is 16.0 Å². The summed E-state index contributed by atoms with van der Waals surface area (Å²) < 4.78 is 11.4. The molecule has 3 rings (SSSR count). The Labute approximate surface area is 153 Å². The normalized spacial score (nSPS) is 19.5. The molecule has 0 aromatic heterocycles. The minimum Gasteiger partial charge on any atom is -0.349 e. The molecule has 3 N–H and O–H groups in total. The Kier molecular flexibility index (Phi) is 5.78. The predicted molar refractivity (Wildman–Crippen MR) is 98.1 cm³/mol. The van der Waals surface area contributed by atoms with Crippen LogP contribution in [0.3, 0.4) is 0 Å². The molecule has 1 aliphatic heterocycles. The van der Waals surface area contributed by atoms with E-state index in [4.69, 9.17) is 9.47 Å². The van der Waals surface area contributed by atoms with E-state index >= 15 is 0 Å². The lowest BCUT2D eigenvalue weighted by atomic mass is 9.90. The second-order valence-electron chi connectivity index (χ2n) is 7.19. The number of anilines is 1. The maximum Gasteiger partial charge on any atom is 0.319 e. The fourth-order valence-corrected chi connectivity index (χ4v) is 3.42. The van der Waals surface area contributed by atoms with Crippen molar-refractivity contribution in [3.8, 4) is 0 Å². The third kappa shape index (κ3) is 4.74. The number of carbonyl (C=O) groups excluding carboxylic acids is 2. The molecule has 7 heteroatoms. The highest BCUT2D eigenvalue weighted by molar-refractivity contribution is 5.97. The standard InChI is InChI=1S/C19H27N3O4/c1-13(2)20-18(24)22-16-5-3-4-14(12-16)17(23)21-15-6-8-19(9-7-15)25-10-11-26-19/h3-5,12-13,15H,6-11H2,1-2H3,(H,21,23)(H2,20,22,24). The Morgan fingerprint density at radius 1 is 1.15 bits per heavy atom. The molecular formula is C19H27N3O4. The van der Waals surface area contributed by atoms with Gasteiger partial charge in [0.25, 0.3) is 5.91 Å². The Morgan fingerprint density at radius 2 is 1.85 bits per heavy atom. The first kappa shape index (κ1) is 18.7. The molecule has 7 nitrogen and oxygen atoms in total. The fourth-order valence-electron chi connectivity index (χ4n) is 3.42. The summed E-state index contributed by atoms with van der Waals surface area (Å²) in [5.74, 6) is -0.554. The van der Waals surface area contributed by atoms with E-state index in [0.717, 1.165) is 25.7 Å². The molecule has 2 fully saturated rings. The van der Waals surface area contributed by atoms with Gasteiger partial charge >= 0.3 is 6.03 Å². The zero-order valence-electron chi connectivity index (χ0n) is 15.3. The molecule has 2 aliphatic rings. The van der Waals surface area contributed by atoms with Crippen LogP contribution in [0.1, 0.15) is 49.9 Å². The number of urea groups is 1. The van der Waals surface area contributed by atoms with E-state index in [-0.39, 0.29) is 24.0 Å². The van der Waals surface area contributed by atoms with Gasteiger partial charge < -0.3 is 25.4 Å². The van der Waals surface area contributed by atoms with Crippen LogP contribution < -0.4 is 16.0 Å². The van der Waals surface area contributed by atoms with Crippen LogP contribution in [0.5, 0.6) is 0 Å². The molecule has 1 heterocycles. The predicted octanol–water partition coefficient (Wildman–Crippen LogP) is 2.63. The van der Waals surface area contributed by atoms with Crippen molar-refractivity contribution in [3.05, 3.63) is 29.8 Å². The van der Waals surface area contributed by atoms with Crippen molar-refractivity contribution in [1.82, 2.24) is 10.6 Å². The Balaban J connectivity index is 1.53. The van der Waals surface area contributed by atoms with Gasteiger partial charge in [-0.25, -0.2) is 4.79 Å². The molecule has 26 heavy (non-hydrogen) atoms. The monoisotopic (exact) mass is 361 g/mol. The van der Waals surface area contributed by atoms with Crippen LogP contribution in [0, 0.1) is 0 Å². The summed E-state index contributed by atoms with van der Waals surface area (Å²) in [4.78, 5) is 24.3. The van der Waals surface area contributed by atoms with E-state index in [1.54, 1.807) is 24.3 Å². The summed E-state index contributed by atoms with van der Waals surface area (Å²) in [6, 6.07) is 6.82. The van der Waals surface area contributed by atoms with Crippen molar-refractivity contribution < 1.29 is 19.1 Å². The number of benzene rings is 1. The fraction of sp³-hybridized carbons (Fsp3) is 0.579. The number of hydrogen-bond donors (Lipinski definition) is 3. The summed E-state index contributed by atoms with van der Waals surface area (Å²) in [6.45, 7) is 5.08. The van der Waals surface area contributed by atoms with Gasteiger partial charge in [0.2, 0.25) is 0 Å². The van der Waals surface area contributed by atoms with Crippen LogP contribution in [-0.4, -0.2) is 43.0 Å². The molecule has 0 radical (unpaired) electrons. The quantitative estimate of drug-likeness (QED) is 0.769. The van der Waals surface area contributed by atoms with Crippen molar-refractivity contribution in [1.29, 1.82) is 0 Å². The molecule has 142 valence electrons. The number of nitrogens with one attached hydrogen (secondary N) is 3. The van der Waals surface area contributed by atoms with Crippen LogP contribution in [0.2, 0.25) is 0 Å². The third-order valence-corrected chi connectivity index (χ3v) is 4.70. The van der Waals surface area contributed by atoms with Gasteiger partial charge in [0.1, 0.15) is 0 Å². The van der Waals surface area contributed by atoms with E-state index in [1.807, 2.05) is 13.8 Å². The molecule has 1 saturated carbocycles. The van der Waals surface area contributed by atoms with E-state index < -0.39 is 5.79 Å². The first-order chi connectivity index (χ1) is 12.5. The lowest BCUT2D eigenvalue weighted by molar-refractivity contribution is -0.179. The van der Waals surface area contributed by atoms with Crippen molar-refractivity contribution in [2.45, 2.75) is 57.4 Å². The van der Waals surface area contributed by atoms with Crippen LogP contribution in [0.15, 0.2) is 24.3 Å². The summed E-state index contributed by atoms with van der Waals surface area (Å²) in [7, 11) is 0. The third-order valence-electron chi connectivity index (χ3n) is 4.70. The molecule has 1 aromatic carbocycles. The highest BCUT2D eigenvalue weighted by atomic mass is 16.7. The summed E-state index contributed by atoms with van der Waals surface area (Å²) in [5, 5.41) is 8.57. The Hall–Kier alpha value is -2.12. The lowest BCUT2D eigenvalue weighted by Gasteiger charge is -2.35. The first-order valence-electron chi connectivity index (χ1n) is 9.22. The number of amides is 3. The molecule has 0 bridgehead atoms. The zero-order valence-corrected chi connectivity index (χ0v) is 15.3. The summed E-state index contributed by atoms with van der Waals surface area (Å²) in [5.41, 5.74) is 1.12. The highest BCUT2D eigenvalue weighted by Crippen LogP contribution is 2.35. The van der Waals surface area contributed by atoms with Crippen LogP contribution >= 0.6 is 0 Å². The minimum absolute atomic E-state index is 0.0453. The average Bonchev–Trinajstić information content (AvgIpc) is 3.05. The van der Waals surface area contributed by atoms with Crippen molar-refractivity contribution in [2.24, 2.45) is 0 Å². The number of hydrogen-bond acceptors (Lipinski definition) is 4. The van der Waals surface area contributed by atoms with Gasteiger partial charge in [-0.2, -0.15) is 0 Å². The van der Waals surface area contributed by atoms with Gasteiger partial charge in [0.05, 0.1) is 13.2 Å². The van der Waals surface area contributed by atoms with E-state index in [9.17, 15) is 9.59 Å². The van der Waals surface area contributed by atoms with Gasteiger partial charge in [-0.15, -0.1) is 0 Å². The number of carbonyl (C=O) groups is 2. The average molecular weight is 361 g/mol. The summed E-state index contributed by atoms with van der Waals surface area (Å²) in [6.07, 6.45) is 3.27. The van der Waals surface area contributed by atoms with Crippen LogP contribution in [0.25, 0.3) is 0 Å². The molecular weight excluding hydrogens is 334 g/mol. The summed E-state index contributed by atoms with van der Waals surface area (Å²) >= 11 is 0. The first-order valence-corrected chi connectivity index (χ1v) is 9.22. The molecule has 1 aromatic rings.